The number of amides is 1. The van der Waals surface area contributed by atoms with Gasteiger partial charge in [-0.2, -0.15) is 0 Å². The van der Waals surface area contributed by atoms with E-state index in [-0.39, 0.29) is 5.91 Å². The number of nitrogens with zero attached hydrogens (tertiary/aromatic N) is 1. The second-order valence-electron chi connectivity index (χ2n) is 4.46. The number of aromatic nitrogens is 1. The Morgan fingerprint density at radius 1 is 1.41 bits per heavy atom. The normalized spacial score (nSPS) is 15.8. The average Bonchev–Trinajstić information content (AvgIpc) is 2.84. The van der Waals surface area contributed by atoms with Gasteiger partial charge in [-0.15, -0.1) is 0 Å². The quantitative estimate of drug-likeness (QED) is 0.840. The second kappa shape index (κ2) is 5.66. The minimum atomic E-state index is 0.0169. The van der Waals surface area contributed by atoms with Crippen molar-refractivity contribution < 1.29 is 4.79 Å². The molecule has 2 N–H and O–H groups in total. The summed E-state index contributed by atoms with van der Waals surface area (Å²) in [6, 6.07) is 4.38. The predicted molar refractivity (Wildman–Crippen MR) is 69.0 cm³/mol. The molecule has 0 unspecified atom stereocenters. The molecular formula is C13H19N3O. The molecule has 2 rings (SSSR count). The Balaban J connectivity index is 1.90. The number of carbonyl (C=O) groups excluding carboxylic acids is 1. The number of rotatable bonds is 4. The van der Waals surface area contributed by atoms with Crippen LogP contribution < -0.4 is 10.6 Å². The van der Waals surface area contributed by atoms with Crippen molar-refractivity contribution in [2.45, 2.75) is 45.1 Å². The van der Waals surface area contributed by atoms with Gasteiger partial charge in [-0.25, -0.2) is 4.98 Å². The van der Waals surface area contributed by atoms with E-state index in [2.05, 4.69) is 15.6 Å². The second-order valence-corrected chi connectivity index (χ2v) is 4.46. The molecule has 17 heavy (non-hydrogen) atoms. The zero-order valence-corrected chi connectivity index (χ0v) is 10.2. The van der Waals surface area contributed by atoms with E-state index >= 15 is 0 Å². The summed E-state index contributed by atoms with van der Waals surface area (Å²) in [6.45, 7) is 1.83. The number of hydrogen-bond donors (Lipinski definition) is 2. The molecule has 0 bridgehead atoms. The average molecular weight is 233 g/mol. The highest BCUT2D eigenvalue weighted by molar-refractivity contribution is 5.90. The number of carbonyl (C=O) groups is 1. The zero-order chi connectivity index (χ0) is 12.1. The van der Waals surface area contributed by atoms with Crippen LogP contribution in [-0.4, -0.2) is 16.9 Å². The Hall–Kier alpha value is -1.58. The highest BCUT2D eigenvalue weighted by Crippen LogP contribution is 2.21. The first kappa shape index (κ1) is 11.9. The van der Waals surface area contributed by atoms with Crippen molar-refractivity contribution in [2.24, 2.45) is 0 Å². The summed E-state index contributed by atoms with van der Waals surface area (Å²) in [5.74, 6) is 0.912. The lowest BCUT2D eigenvalue weighted by Gasteiger charge is -2.12. The maximum atomic E-state index is 11.2. The summed E-state index contributed by atoms with van der Waals surface area (Å²) in [6.07, 6.45) is 7.27. The van der Waals surface area contributed by atoms with Crippen LogP contribution in [0, 0.1) is 0 Å². The number of nitrogens with one attached hydrogen (secondary N) is 2. The van der Waals surface area contributed by atoms with Crippen LogP contribution in [0.25, 0.3) is 0 Å². The molecule has 0 atom stereocenters. The molecular weight excluding hydrogens is 214 g/mol. The fraction of sp³-hybridized carbons (Fsp3) is 0.538. The topological polar surface area (TPSA) is 54.0 Å². The van der Waals surface area contributed by atoms with E-state index in [1.807, 2.05) is 19.1 Å². The first-order valence-electron chi connectivity index (χ1n) is 6.30. The Labute approximate surface area is 102 Å². The summed E-state index contributed by atoms with van der Waals surface area (Å²) in [7, 11) is 0. The molecule has 1 aromatic rings. The molecule has 0 saturated heterocycles. The molecule has 92 valence electrons. The van der Waals surface area contributed by atoms with Gasteiger partial charge in [-0.3, -0.25) is 4.79 Å². The van der Waals surface area contributed by atoms with Gasteiger partial charge < -0.3 is 10.6 Å². The van der Waals surface area contributed by atoms with Crippen LogP contribution in [0.3, 0.4) is 0 Å². The van der Waals surface area contributed by atoms with Crippen molar-refractivity contribution in [3.8, 4) is 0 Å². The molecule has 0 aromatic carbocycles. The minimum absolute atomic E-state index is 0.0169. The molecule has 1 heterocycles. The first-order valence-corrected chi connectivity index (χ1v) is 6.30. The lowest BCUT2D eigenvalue weighted by atomic mass is 10.2. The fourth-order valence-corrected chi connectivity index (χ4v) is 2.08. The summed E-state index contributed by atoms with van der Waals surface area (Å²) in [5.41, 5.74) is 0.758. The van der Waals surface area contributed by atoms with Gasteiger partial charge in [0.2, 0.25) is 5.91 Å². The molecule has 1 saturated carbocycles. The van der Waals surface area contributed by atoms with Crippen LogP contribution in [0.5, 0.6) is 0 Å². The van der Waals surface area contributed by atoms with Crippen LogP contribution in [0.4, 0.5) is 11.5 Å². The van der Waals surface area contributed by atoms with E-state index in [1.165, 1.54) is 25.7 Å². The van der Waals surface area contributed by atoms with Gasteiger partial charge in [0, 0.05) is 12.5 Å². The standard InChI is InChI=1S/C13H19N3O/c1-2-13(17)16-11-7-8-12(14-9-11)15-10-5-3-4-6-10/h7-10H,2-6H2,1H3,(H,14,15)(H,16,17). The lowest BCUT2D eigenvalue weighted by molar-refractivity contribution is -0.115. The van der Waals surface area contributed by atoms with Crippen molar-refractivity contribution in [1.29, 1.82) is 0 Å². The van der Waals surface area contributed by atoms with E-state index in [1.54, 1.807) is 6.20 Å². The maximum Gasteiger partial charge on any atom is 0.224 e. The number of anilines is 2. The largest absolute Gasteiger partial charge is 0.367 e. The smallest absolute Gasteiger partial charge is 0.224 e. The van der Waals surface area contributed by atoms with Crippen LogP contribution in [0.15, 0.2) is 18.3 Å². The molecule has 0 radical (unpaired) electrons. The third kappa shape index (κ3) is 3.44. The van der Waals surface area contributed by atoms with Gasteiger partial charge in [0.1, 0.15) is 5.82 Å². The zero-order valence-electron chi connectivity index (χ0n) is 10.2. The van der Waals surface area contributed by atoms with Crippen molar-refractivity contribution in [1.82, 2.24) is 4.98 Å². The minimum Gasteiger partial charge on any atom is -0.367 e. The first-order chi connectivity index (χ1) is 8.28. The molecule has 1 aromatic heterocycles. The van der Waals surface area contributed by atoms with Crippen molar-refractivity contribution in [3.05, 3.63) is 18.3 Å². The van der Waals surface area contributed by atoms with Crippen molar-refractivity contribution >= 4 is 17.4 Å². The summed E-state index contributed by atoms with van der Waals surface area (Å²) in [5, 5.41) is 6.19. The van der Waals surface area contributed by atoms with E-state index in [9.17, 15) is 4.79 Å². The van der Waals surface area contributed by atoms with E-state index in [4.69, 9.17) is 0 Å². The SMILES string of the molecule is CCC(=O)Nc1ccc(NC2CCCC2)nc1. The molecule has 1 amide bonds. The van der Waals surface area contributed by atoms with Crippen molar-refractivity contribution in [2.75, 3.05) is 10.6 Å². The Bertz CT molecular complexity index is 369. The molecule has 1 aliphatic carbocycles. The molecule has 4 nitrogen and oxygen atoms in total. The Kier molecular flexibility index (Phi) is 3.96. The van der Waals surface area contributed by atoms with Crippen LogP contribution in [-0.2, 0) is 4.79 Å². The maximum absolute atomic E-state index is 11.2. The molecule has 1 fully saturated rings. The molecule has 4 heteroatoms. The van der Waals surface area contributed by atoms with Crippen molar-refractivity contribution in [3.63, 3.8) is 0 Å². The van der Waals surface area contributed by atoms with E-state index < -0.39 is 0 Å². The van der Waals surface area contributed by atoms with E-state index in [0.717, 1.165) is 11.5 Å². The third-order valence-corrected chi connectivity index (χ3v) is 3.08. The highest BCUT2D eigenvalue weighted by Gasteiger charge is 2.14. The van der Waals surface area contributed by atoms with Crippen LogP contribution in [0.1, 0.15) is 39.0 Å². The number of pyridine rings is 1. The number of hydrogen-bond acceptors (Lipinski definition) is 3. The van der Waals surface area contributed by atoms with Gasteiger partial charge in [0.15, 0.2) is 0 Å². The van der Waals surface area contributed by atoms with Gasteiger partial charge in [-0.1, -0.05) is 19.8 Å². The van der Waals surface area contributed by atoms with E-state index in [0.29, 0.717) is 12.5 Å². The summed E-state index contributed by atoms with van der Waals surface area (Å²) in [4.78, 5) is 15.5. The molecule has 0 aliphatic heterocycles. The molecule has 0 spiro atoms. The highest BCUT2D eigenvalue weighted by atomic mass is 16.1. The van der Waals surface area contributed by atoms with Gasteiger partial charge in [0.25, 0.3) is 0 Å². The van der Waals surface area contributed by atoms with Gasteiger partial charge in [0.05, 0.1) is 11.9 Å². The predicted octanol–water partition coefficient (Wildman–Crippen LogP) is 2.78. The third-order valence-electron chi connectivity index (χ3n) is 3.08. The van der Waals surface area contributed by atoms with Gasteiger partial charge >= 0.3 is 0 Å². The fourth-order valence-electron chi connectivity index (χ4n) is 2.08. The Morgan fingerprint density at radius 3 is 2.76 bits per heavy atom. The lowest BCUT2D eigenvalue weighted by Crippen LogP contribution is -2.15. The van der Waals surface area contributed by atoms with Gasteiger partial charge in [-0.05, 0) is 25.0 Å². The Morgan fingerprint density at radius 2 is 2.18 bits per heavy atom. The molecule has 1 aliphatic rings. The monoisotopic (exact) mass is 233 g/mol. The van der Waals surface area contributed by atoms with Crippen LogP contribution >= 0.6 is 0 Å². The summed E-state index contributed by atoms with van der Waals surface area (Å²) < 4.78 is 0. The summed E-state index contributed by atoms with van der Waals surface area (Å²) >= 11 is 0. The van der Waals surface area contributed by atoms with Crippen LogP contribution in [0.2, 0.25) is 0 Å².